The maximum absolute atomic E-state index is 13.3. The molecule has 0 bridgehead atoms. The third-order valence-corrected chi connectivity index (χ3v) is 6.23. The normalized spacial score (nSPS) is 14.4. The van der Waals surface area contributed by atoms with Gasteiger partial charge in [-0.25, -0.2) is 19.6 Å². The molecular weight excluding hydrogens is 467 g/mol. The highest BCUT2D eigenvalue weighted by molar-refractivity contribution is 7.13. The first-order valence-electron chi connectivity index (χ1n) is 10.4. The summed E-state index contributed by atoms with van der Waals surface area (Å²) in [6.45, 7) is 1.93. The van der Waals surface area contributed by atoms with Gasteiger partial charge < -0.3 is 9.80 Å². The minimum Gasteiger partial charge on any atom is -0.337 e. The van der Waals surface area contributed by atoms with Crippen LogP contribution in [0.1, 0.15) is 16.2 Å². The lowest BCUT2D eigenvalue weighted by Gasteiger charge is -2.34. The average Bonchev–Trinajstić information content (AvgIpc) is 3.54. The van der Waals surface area contributed by atoms with Crippen molar-refractivity contribution in [3.05, 3.63) is 71.6 Å². The molecule has 12 heteroatoms. The van der Waals surface area contributed by atoms with Gasteiger partial charge in [-0.3, -0.25) is 4.79 Å². The third kappa shape index (κ3) is 4.36. The van der Waals surface area contributed by atoms with E-state index >= 15 is 0 Å². The Labute approximate surface area is 196 Å². The zero-order chi connectivity index (χ0) is 23.7. The molecule has 1 fully saturated rings. The van der Waals surface area contributed by atoms with Crippen LogP contribution in [0.25, 0.3) is 16.4 Å². The summed E-state index contributed by atoms with van der Waals surface area (Å²) in [5, 5.41) is 6.15. The van der Waals surface area contributed by atoms with E-state index in [0.29, 0.717) is 42.8 Å². The van der Waals surface area contributed by atoms with Crippen LogP contribution in [0.15, 0.2) is 60.2 Å². The van der Waals surface area contributed by atoms with Crippen molar-refractivity contribution in [3.63, 3.8) is 0 Å². The van der Waals surface area contributed by atoms with Gasteiger partial charge in [-0.2, -0.15) is 13.2 Å². The smallest absolute Gasteiger partial charge is 0.337 e. The number of alkyl halides is 3. The molecular formula is C22H18F3N7OS. The van der Waals surface area contributed by atoms with Gasteiger partial charge in [0.05, 0.1) is 16.1 Å². The van der Waals surface area contributed by atoms with Gasteiger partial charge in [0.2, 0.25) is 11.8 Å². The summed E-state index contributed by atoms with van der Waals surface area (Å²) in [4.78, 5) is 30.4. The van der Waals surface area contributed by atoms with E-state index < -0.39 is 11.7 Å². The first kappa shape index (κ1) is 22.0. The predicted molar refractivity (Wildman–Crippen MR) is 120 cm³/mol. The lowest BCUT2D eigenvalue weighted by molar-refractivity contribution is -0.137. The summed E-state index contributed by atoms with van der Waals surface area (Å²) in [5.74, 6) is 0.470. The summed E-state index contributed by atoms with van der Waals surface area (Å²) >= 11 is 1.36. The van der Waals surface area contributed by atoms with E-state index in [1.54, 1.807) is 35.5 Å². The maximum atomic E-state index is 13.3. The molecule has 4 heterocycles. The van der Waals surface area contributed by atoms with E-state index in [2.05, 4.69) is 20.1 Å². The summed E-state index contributed by atoms with van der Waals surface area (Å²) in [6.07, 6.45) is -1.17. The van der Waals surface area contributed by atoms with Crippen LogP contribution >= 0.6 is 11.3 Å². The van der Waals surface area contributed by atoms with Crippen molar-refractivity contribution < 1.29 is 18.0 Å². The highest BCUT2D eigenvalue weighted by Gasteiger charge is 2.32. The van der Waals surface area contributed by atoms with Gasteiger partial charge in [0.15, 0.2) is 5.82 Å². The van der Waals surface area contributed by atoms with Crippen molar-refractivity contribution in [3.8, 4) is 16.4 Å². The molecule has 34 heavy (non-hydrogen) atoms. The third-order valence-electron chi connectivity index (χ3n) is 5.36. The molecule has 0 unspecified atom stereocenters. The van der Waals surface area contributed by atoms with E-state index in [4.69, 9.17) is 0 Å². The number of anilines is 1. The van der Waals surface area contributed by atoms with E-state index in [1.807, 2.05) is 10.3 Å². The van der Waals surface area contributed by atoms with E-state index in [9.17, 15) is 18.0 Å². The van der Waals surface area contributed by atoms with Crippen molar-refractivity contribution in [1.29, 1.82) is 0 Å². The molecule has 8 nitrogen and oxygen atoms in total. The standard InChI is InChI=1S/C22H18F3N7OS/c23-22(24,25)15-4-1-5-16(14-15)32-19(17-6-2-13-34-17)28-18(29-32)20(33)30-9-11-31(12-10-30)21-26-7-3-8-27-21/h1-8,13-14H,9-12H2. The fourth-order valence-corrected chi connectivity index (χ4v) is 4.37. The number of hydrogen-bond acceptors (Lipinski definition) is 7. The Morgan fingerprint density at radius 2 is 1.74 bits per heavy atom. The Kier molecular flexibility index (Phi) is 5.74. The second kappa shape index (κ2) is 8.86. The Morgan fingerprint density at radius 1 is 0.971 bits per heavy atom. The van der Waals surface area contributed by atoms with Gasteiger partial charge in [0.25, 0.3) is 5.91 Å². The number of thiophene rings is 1. The van der Waals surface area contributed by atoms with Gasteiger partial charge in [-0.05, 0) is 35.7 Å². The van der Waals surface area contributed by atoms with Crippen molar-refractivity contribution in [2.45, 2.75) is 6.18 Å². The van der Waals surface area contributed by atoms with Crippen LogP contribution < -0.4 is 4.90 Å². The lowest BCUT2D eigenvalue weighted by Crippen LogP contribution is -2.49. The van der Waals surface area contributed by atoms with Gasteiger partial charge >= 0.3 is 6.18 Å². The number of carbonyl (C=O) groups is 1. The molecule has 1 aromatic carbocycles. The monoisotopic (exact) mass is 485 g/mol. The molecule has 5 rings (SSSR count). The molecule has 0 N–H and O–H groups in total. The zero-order valence-electron chi connectivity index (χ0n) is 17.7. The van der Waals surface area contributed by atoms with Crippen LogP contribution in [0, 0.1) is 0 Å². The number of nitrogens with zero attached hydrogens (tertiary/aromatic N) is 7. The number of rotatable bonds is 4. The topological polar surface area (TPSA) is 80.0 Å². The first-order chi connectivity index (χ1) is 16.4. The molecule has 0 spiro atoms. The number of benzene rings is 1. The summed E-state index contributed by atoms with van der Waals surface area (Å²) in [5.41, 5.74) is -0.624. The van der Waals surface area contributed by atoms with Crippen molar-refractivity contribution in [2.24, 2.45) is 0 Å². The van der Waals surface area contributed by atoms with Crippen molar-refractivity contribution >= 4 is 23.2 Å². The van der Waals surface area contributed by atoms with Crippen LogP contribution in [-0.2, 0) is 6.18 Å². The molecule has 0 atom stereocenters. The molecule has 0 saturated carbocycles. The van der Waals surface area contributed by atoms with E-state index in [1.165, 1.54) is 28.2 Å². The molecule has 0 aliphatic carbocycles. The minimum atomic E-state index is -4.50. The SMILES string of the molecule is O=C(c1nc(-c2cccs2)n(-c2cccc(C(F)(F)F)c2)n1)N1CCN(c2ncccn2)CC1. The molecule has 3 aromatic heterocycles. The van der Waals surface area contributed by atoms with Crippen molar-refractivity contribution in [1.82, 2.24) is 29.6 Å². The highest BCUT2D eigenvalue weighted by Crippen LogP contribution is 2.32. The maximum Gasteiger partial charge on any atom is 0.416 e. The van der Waals surface area contributed by atoms with Crippen molar-refractivity contribution in [2.75, 3.05) is 31.1 Å². The second-order valence-electron chi connectivity index (χ2n) is 7.52. The number of amides is 1. The van der Waals surface area contributed by atoms with Crippen LogP contribution in [0.5, 0.6) is 0 Å². The Bertz CT molecular complexity index is 1280. The summed E-state index contributed by atoms with van der Waals surface area (Å²) in [6, 6.07) is 10.1. The quantitative estimate of drug-likeness (QED) is 0.438. The molecule has 0 radical (unpaired) electrons. The summed E-state index contributed by atoms with van der Waals surface area (Å²) < 4.78 is 41.1. The van der Waals surface area contributed by atoms with Gasteiger partial charge in [-0.1, -0.05) is 12.1 Å². The minimum absolute atomic E-state index is 0.0646. The highest BCUT2D eigenvalue weighted by atomic mass is 32.1. The van der Waals surface area contributed by atoms with E-state index in [0.717, 1.165) is 12.1 Å². The molecule has 1 aliphatic heterocycles. The molecule has 1 saturated heterocycles. The van der Waals surface area contributed by atoms with E-state index in [-0.39, 0.29) is 17.4 Å². The van der Waals surface area contributed by atoms with Crippen LogP contribution in [0.3, 0.4) is 0 Å². The Balaban J connectivity index is 1.43. The van der Waals surface area contributed by atoms with Crippen LogP contribution in [0.4, 0.5) is 19.1 Å². The molecule has 4 aromatic rings. The zero-order valence-corrected chi connectivity index (χ0v) is 18.5. The number of hydrogen-bond donors (Lipinski definition) is 0. The van der Waals surface area contributed by atoms with Crippen LogP contribution in [0.2, 0.25) is 0 Å². The Hall–Kier alpha value is -3.80. The van der Waals surface area contributed by atoms with Crippen LogP contribution in [-0.4, -0.2) is 61.7 Å². The largest absolute Gasteiger partial charge is 0.416 e. The molecule has 1 amide bonds. The Morgan fingerprint density at radius 3 is 2.41 bits per heavy atom. The molecule has 1 aliphatic rings. The number of halogens is 3. The van der Waals surface area contributed by atoms with Gasteiger partial charge in [0.1, 0.15) is 0 Å². The first-order valence-corrected chi connectivity index (χ1v) is 11.3. The fourth-order valence-electron chi connectivity index (χ4n) is 3.67. The fraction of sp³-hybridized carbons (Fsp3) is 0.227. The second-order valence-corrected chi connectivity index (χ2v) is 8.47. The average molecular weight is 485 g/mol. The predicted octanol–water partition coefficient (Wildman–Crippen LogP) is 3.77. The van der Waals surface area contributed by atoms with Gasteiger partial charge in [-0.15, -0.1) is 16.4 Å². The number of carbonyl (C=O) groups excluding carboxylic acids is 1. The molecule has 174 valence electrons. The summed E-state index contributed by atoms with van der Waals surface area (Å²) in [7, 11) is 0. The number of piperazine rings is 1. The van der Waals surface area contributed by atoms with Gasteiger partial charge in [0, 0.05) is 38.6 Å². The lowest BCUT2D eigenvalue weighted by atomic mass is 10.2. The number of aromatic nitrogens is 5.